The molecule has 1 heterocycles. The van der Waals surface area contributed by atoms with Crippen LogP contribution in [0.5, 0.6) is 0 Å². The first kappa shape index (κ1) is 7.91. The lowest BCUT2D eigenvalue weighted by Crippen LogP contribution is -2.42. The van der Waals surface area contributed by atoms with Crippen LogP contribution in [-0.4, -0.2) is 35.3 Å². The van der Waals surface area contributed by atoms with Crippen LogP contribution in [0.25, 0.3) is 0 Å². The average Bonchev–Trinajstić information content (AvgIpc) is 1.94. The molecule has 0 aromatic carbocycles. The van der Waals surface area contributed by atoms with Gasteiger partial charge in [0.05, 0.1) is 18.0 Å². The van der Waals surface area contributed by atoms with Gasteiger partial charge in [0.25, 0.3) is 0 Å². The van der Waals surface area contributed by atoms with Crippen molar-refractivity contribution in [1.82, 2.24) is 4.90 Å². The minimum Gasteiger partial charge on any atom is -0.337 e. The third-order valence-corrected chi connectivity index (χ3v) is 1.79. The second kappa shape index (κ2) is 2.82. The van der Waals surface area contributed by atoms with Gasteiger partial charge in [0.1, 0.15) is 0 Å². The standard InChI is InChI=1S/C7H11N3O/c1-5(11)10-3-2-6(8)7(9)4-10/h8-9H,2-4H2,1H3. The molecule has 0 radical (unpaired) electrons. The lowest BCUT2D eigenvalue weighted by Gasteiger charge is -2.26. The fraction of sp³-hybridized carbons (Fsp3) is 0.571. The van der Waals surface area contributed by atoms with Gasteiger partial charge in [-0.2, -0.15) is 0 Å². The van der Waals surface area contributed by atoms with E-state index in [1.54, 1.807) is 4.90 Å². The van der Waals surface area contributed by atoms with Crippen molar-refractivity contribution in [1.29, 1.82) is 10.8 Å². The topological polar surface area (TPSA) is 68.0 Å². The number of rotatable bonds is 0. The van der Waals surface area contributed by atoms with Gasteiger partial charge < -0.3 is 15.7 Å². The Kier molecular flexibility index (Phi) is 2.03. The molecule has 2 N–H and O–H groups in total. The van der Waals surface area contributed by atoms with Crippen LogP contribution in [0, 0.1) is 10.8 Å². The SMILES string of the molecule is CC(=O)N1CCC(=N)C(=N)C1. The van der Waals surface area contributed by atoms with Crippen molar-refractivity contribution in [2.24, 2.45) is 0 Å². The molecule has 0 aliphatic carbocycles. The van der Waals surface area contributed by atoms with E-state index in [2.05, 4.69) is 0 Å². The summed E-state index contributed by atoms with van der Waals surface area (Å²) in [5.74, 6) is -0.0118. The largest absolute Gasteiger partial charge is 0.337 e. The summed E-state index contributed by atoms with van der Waals surface area (Å²) in [6.07, 6.45) is 0.526. The lowest BCUT2D eigenvalue weighted by atomic mass is 10.1. The number of carbonyl (C=O) groups excluding carboxylic acids is 1. The lowest BCUT2D eigenvalue weighted by molar-refractivity contribution is -0.128. The first-order valence-electron chi connectivity index (χ1n) is 3.52. The predicted octanol–water partition coefficient (Wildman–Crippen LogP) is 0.278. The number of carbonyl (C=O) groups is 1. The molecule has 60 valence electrons. The van der Waals surface area contributed by atoms with Gasteiger partial charge in [-0.05, 0) is 0 Å². The summed E-state index contributed by atoms with van der Waals surface area (Å²) in [6.45, 7) is 2.40. The molecule has 0 aromatic heterocycles. The highest BCUT2D eigenvalue weighted by Crippen LogP contribution is 2.02. The molecule has 0 saturated carbocycles. The first-order chi connectivity index (χ1) is 5.11. The highest BCUT2D eigenvalue weighted by atomic mass is 16.2. The van der Waals surface area contributed by atoms with E-state index >= 15 is 0 Å². The Bertz CT molecular complexity index is 222. The van der Waals surface area contributed by atoms with Crippen LogP contribution in [-0.2, 0) is 4.79 Å². The Balaban J connectivity index is 2.60. The molecule has 0 bridgehead atoms. The molecular weight excluding hydrogens is 142 g/mol. The molecular formula is C7H11N3O. The summed E-state index contributed by atoms with van der Waals surface area (Å²) < 4.78 is 0. The van der Waals surface area contributed by atoms with Gasteiger partial charge in [-0.1, -0.05) is 0 Å². The van der Waals surface area contributed by atoms with E-state index in [-0.39, 0.29) is 11.6 Å². The van der Waals surface area contributed by atoms with Crippen LogP contribution in [0.4, 0.5) is 0 Å². The molecule has 4 nitrogen and oxygen atoms in total. The summed E-state index contributed by atoms with van der Waals surface area (Å²) >= 11 is 0. The number of hydrogen-bond acceptors (Lipinski definition) is 3. The Hall–Kier alpha value is -1.19. The minimum atomic E-state index is -0.0118. The third-order valence-electron chi connectivity index (χ3n) is 1.79. The molecule has 0 unspecified atom stereocenters. The van der Waals surface area contributed by atoms with Crippen LogP contribution >= 0.6 is 0 Å². The van der Waals surface area contributed by atoms with Gasteiger partial charge in [-0.3, -0.25) is 4.79 Å². The van der Waals surface area contributed by atoms with Crippen molar-refractivity contribution in [2.75, 3.05) is 13.1 Å². The van der Waals surface area contributed by atoms with E-state index in [1.807, 2.05) is 0 Å². The summed E-state index contributed by atoms with van der Waals surface area (Å²) in [6, 6.07) is 0. The Morgan fingerprint density at radius 3 is 2.55 bits per heavy atom. The molecule has 0 spiro atoms. The molecule has 11 heavy (non-hydrogen) atoms. The van der Waals surface area contributed by atoms with Crippen LogP contribution in [0.2, 0.25) is 0 Å². The maximum atomic E-state index is 10.8. The number of hydrogen-bond donors (Lipinski definition) is 2. The number of likely N-dealkylation sites (tertiary alicyclic amines) is 1. The zero-order valence-corrected chi connectivity index (χ0v) is 6.48. The van der Waals surface area contributed by atoms with Crippen molar-refractivity contribution in [2.45, 2.75) is 13.3 Å². The summed E-state index contributed by atoms with van der Waals surface area (Å²) in [4.78, 5) is 12.4. The van der Waals surface area contributed by atoms with Crippen molar-refractivity contribution in [3.05, 3.63) is 0 Å². The van der Waals surface area contributed by atoms with Crippen LogP contribution in [0.15, 0.2) is 0 Å². The van der Waals surface area contributed by atoms with Crippen molar-refractivity contribution < 1.29 is 4.79 Å². The number of amides is 1. The summed E-state index contributed by atoms with van der Waals surface area (Å²) in [5.41, 5.74) is 0.633. The van der Waals surface area contributed by atoms with E-state index in [4.69, 9.17) is 10.8 Å². The fourth-order valence-electron chi connectivity index (χ4n) is 1.03. The van der Waals surface area contributed by atoms with E-state index in [0.717, 1.165) is 0 Å². The Morgan fingerprint density at radius 1 is 1.45 bits per heavy atom. The van der Waals surface area contributed by atoms with Crippen LogP contribution in [0.3, 0.4) is 0 Å². The van der Waals surface area contributed by atoms with Crippen molar-refractivity contribution >= 4 is 17.3 Å². The Morgan fingerprint density at radius 2 is 2.09 bits per heavy atom. The quantitative estimate of drug-likeness (QED) is 0.515. The number of piperidine rings is 1. The van der Waals surface area contributed by atoms with Crippen molar-refractivity contribution in [3.63, 3.8) is 0 Å². The van der Waals surface area contributed by atoms with E-state index in [1.165, 1.54) is 6.92 Å². The molecule has 1 amide bonds. The van der Waals surface area contributed by atoms with E-state index < -0.39 is 0 Å². The molecule has 4 heteroatoms. The minimum absolute atomic E-state index is 0.0118. The molecule has 1 rings (SSSR count). The first-order valence-corrected chi connectivity index (χ1v) is 3.52. The molecule has 0 atom stereocenters. The predicted molar refractivity (Wildman–Crippen MR) is 42.3 cm³/mol. The molecule has 0 aromatic rings. The van der Waals surface area contributed by atoms with Gasteiger partial charge in [0, 0.05) is 19.9 Å². The third kappa shape index (κ3) is 1.63. The summed E-state index contributed by atoms with van der Waals surface area (Å²) in [7, 11) is 0. The average molecular weight is 153 g/mol. The molecule has 1 saturated heterocycles. The van der Waals surface area contributed by atoms with Gasteiger partial charge in [-0.25, -0.2) is 0 Å². The van der Waals surface area contributed by atoms with Crippen LogP contribution < -0.4 is 0 Å². The zero-order valence-electron chi connectivity index (χ0n) is 6.48. The molecule has 1 aliphatic rings. The van der Waals surface area contributed by atoms with Gasteiger partial charge in [-0.15, -0.1) is 0 Å². The second-order valence-corrected chi connectivity index (χ2v) is 2.65. The van der Waals surface area contributed by atoms with Crippen molar-refractivity contribution in [3.8, 4) is 0 Å². The van der Waals surface area contributed by atoms with Gasteiger partial charge in [0.15, 0.2) is 0 Å². The summed E-state index contributed by atoms with van der Waals surface area (Å²) in [5, 5.41) is 14.6. The highest BCUT2D eigenvalue weighted by molar-refractivity contribution is 6.41. The highest BCUT2D eigenvalue weighted by Gasteiger charge is 2.19. The molecule has 1 fully saturated rings. The van der Waals surface area contributed by atoms with Gasteiger partial charge in [0.2, 0.25) is 5.91 Å². The van der Waals surface area contributed by atoms with E-state index in [0.29, 0.717) is 25.2 Å². The fourth-order valence-corrected chi connectivity index (χ4v) is 1.03. The number of nitrogens with one attached hydrogen (secondary N) is 2. The van der Waals surface area contributed by atoms with Gasteiger partial charge >= 0.3 is 0 Å². The maximum absolute atomic E-state index is 10.8. The number of nitrogens with zero attached hydrogens (tertiary/aromatic N) is 1. The smallest absolute Gasteiger partial charge is 0.219 e. The monoisotopic (exact) mass is 153 g/mol. The molecule has 1 aliphatic heterocycles. The van der Waals surface area contributed by atoms with E-state index in [9.17, 15) is 4.79 Å². The zero-order chi connectivity index (χ0) is 8.43. The van der Waals surface area contributed by atoms with Crippen LogP contribution in [0.1, 0.15) is 13.3 Å². The Labute approximate surface area is 65.2 Å². The maximum Gasteiger partial charge on any atom is 0.219 e. The normalized spacial score (nSPS) is 18.8. The second-order valence-electron chi connectivity index (χ2n) is 2.65.